The Labute approximate surface area is 177 Å². The molecule has 2 aromatic carbocycles. The maximum Gasteiger partial charge on any atom is 0.191 e. The summed E-state index contributed by atoms with van der Waals surface area (Å²) in [5.41, 5.74) is 9.34. The van der Waals surface area contributed by atoms with E-state index in [1.807, 2.05) is 55.5 Å². The molecule has 7 nitrogen and oxygen atoms in total. The van der Waals surface area contributed by atoms with Gasteiger partial charge in [-0.05, 0) is 37.5 Å². The van der Waals surface area contributed by atoms with Crippen LogP contribution in [0.25, 0.3) is 5.69 Å². The lowest BCUT2D eigenvalue weighted by atomic mass is 10.1. The molecule has 3 aromatic rings. The number of aryl methyl sites for hydroxylation is 1. The summed E-state index contributed by atoms with van der Waals surface area (Å²) in [6, 6.07) is 21.9. The van der Waals surface area contributed by atoms with Crippen molar-refractivity contribution in [2.75, 3.05) is 18.8 Å². The molecule has 154 valence electrons. The fraction of sp³-hybridized carbons (Fsp3) is 0.261. The molecular formula is C23H27N7. The largest absolute Gasteiger partial charge is 0.382 e. The number of hydrogen-bond acceptors (Lipinski definition) is 4. The summed E-state index contributed by atoms with van der Waals surface area (Å²) < 4.78 is 1.63. The number of nitrogens with one attached hydrogen (secondary N) is 2. The number of para-hydroxylation sites is 1. The van der Waals surface area contributed by atoms with E-state index in [2.05, 4.69) is 38.9 Å². The summed E-state index contributed by atoms with van der Waals surface area (Å²) in [6.07, 6.45) is 1.45. The van der Waals surface area contributed by atoms with Crippen molar-refractivity contribution in [3.63, 3.8) is 0 Å². The van der Waals surface area contributed by atoms with Gasteiger partial charge < -0.3 is 16.4 Å². The SMILES string of the molecule is CCNC(=NCc1ccccc1)NCCCc1nn(-c2ccccc2)c(N)c1C#N. The van der Waals surface area contributed by atoms with Crippen LogP contribution < -0.4 is 16.4 Å². The average Bonchev–Trinajstić information content (AvgIpc) is 3.11. The minimum absolute atomic E-state index is 0.379. The summed E-state index contributed by atoms with van der Waals surface area (Å²) >= 11 is 0. The molecule has 0 spiro atoms. The van der Waals surface area contributed by atoms with Gasteiger partial charge in [-0.3, -0.25) is 0 Å². The molecular weight excluding hydrogens is 374 g/mol. The molecule has 0 saturated heterocycles. The zero-order valence-electron chi connectivity index (χ0n) is 17.2. The topological polar surface area (TPSA) is 104 Å². The van der Waals surface area contributed by atoms with Crippen molar-refractivity contribution in [3.05, 3.63) is 77.5 Å². The summed E-state index contributed by atoms with van der Waals surface area (Å²) in [5.74, 6) is 1.15. The first-order valence-electron chi connectivity index (χ1n) is 10.1. The summed E-state index contributed by atoms with van der Waals surface area (Å²) in [7, 11) is 0. The van der Waals surface area contributed by atoms with Crippen LogP contribution in [0.2, 0.25) is 0 Å². The van der Waals surface area contributed by atoms with E-state index < -0.39 is 0 Å². The molecule has 3 rings (SSSR count). The average molecular weight is 402 g/mol. The van der Waals surface area contributed by atoms with Crippen molar-refractivity contribution >= 4 is 11.8 Å². The van der Waals surface area contributed by atoms with E-state index in [4.69, 9.17) is 5.73 Å². The van der Waals surface area contributed by atoms with Gasteiger partial charge in [-0.25, -0.2) is 9.67 Å². The molecule has 0 fully saturated rings. The Morgan fingerprint density at radius 2 is 1.80 bits per heavy atom. The quantitative estimate of drug-likeness (QED) is 0.306. The lowest BCUT2D eigenvalue weighted by Crippen LogP contribution is -2.37. The number of guanidine groups is 1. The van der Waals surface area contributed by atoms with Gasteiger partial charge in [0, 0.05) is 13.1 Å². The Morgan fingerprint density at radius 3 is 2.47 bits per heavy atom. The normalized spacial score (nSPS) is 11.1. The molecule has 30 heavy (non-hydrogen) atoms. The third-order valence-corrected chi connectivity index (χ3v) is 4.60. The second-order valence-electron chi connectivity index (χ2n) is 6.78. The third-order valence-electron chi connectivity index (χ3n) is 4.60. The molecule has 1 heterocycles. The van der Waals surface area contributed by atoms with Crippen LogP contribution in [0.5, 0.6) is 0 Å². The standard InChI is InChI=1S/C23H27N7/c1-2-26-23(28-17-18-10-5-3-6-11-18)27-15-9-14-21-20(16-24)22(25)30(29-21)19-12-7-4-8-13-19/h3-8,10-13H,2,9,14-15,17,25H2,1H3,(H2,26,27,28). The number of benzene rings is 2. The van der Waals surface area contributed by atoms with E-state index in [9.17, 15) is 5.26 Å². The maximum absolute atomic E-state index is 9.52. The number of aromatic nitrogens is 2. The van der Waals surface area contributed by atoms with Gasteiger partial charge in [0.25, 0.3) is 0 Å². The second kappa shape index (κ2) is 10.7. The summed E-state index contributed by atoms with van der Waals surface area (Å²) in [4.78, 5) is 4.62. The van der Waals surface area contributed by atoms with Crippen LogP contribution in [0.15, 0.2) is 65.7 Å². The van der Waals surface area contributed by atoms with Crippen LogP contribution in [-0.4, -0.2) is 28.8 Å². The van der Waals surface area contributed by atoms with Gasteiger partial charge in [-0.15, -0.1) is 0 Å². The van der Waals surface area contributed by atoms with E-state index in [0.717, 1.165) is 30.2 Å². The Kier molecular flexibility index (Phi) is 7.45. The molecule has 0 aliphatic carbocycles. The van der Waals surface area contributed by atoms with Crippen molar-refractivity contribution in [1.29, 1.82) is 5.26 Å². The fourth-order valence-electron chi connectivity index (χ4n) is 3.10. The lowest BCUT2D eigenvalue weighted by Gasteiger charge is -2.11. The van der Waals surface area contributed by atoms with Crippen molar-refractivity contribution in [3.8, 4) is 11.8 Å². The molecule has 7 heteroatoms. The van der Waals surface area contributed by atoms with Gasteiger partial charge in [0.15, 0.2) is 5.96 Å². The number of anilines is 1. The van der Waals surface area contributed by atoms with Crippen molar-refractivity contribution < 1.29 is 0 Å². The van der Waals surface area contributed by atoms with Crippen LogP contribution in [-0.2, 0) is 13.0 Å². The zero-order chi connectivity index (χ0) is 21.2. The molecule has 0 atom stereocenters. The van der Waals surface area contributed by atoms with Gasteiger partial charge in [-0.1, -0.05) is 48.5 Å². The molecule has 0 bridgehead atoms. The fourth-order valence-corrected chi connectivity index (χ4v) is 3.10. The van der Waals surface area contributed by atoms with Gasteiger partial charge >= 0.3 is 0 Å². The molecule has 0 aliphatic heterocycles. The zero-order valence-corrected chi connectivity index (χ0v) is 17.2. The molecule has 0 amide bonds. The molecule has 4 N–H and O–H groups in total. The smallest absolute Gasteiger partial charge is 0.191 e. The van der Waals surface area contributed by atoms with Gasteiger partial charge in [-0.2, -0.15) is 10.4 Å². The monoisotopic (exact) mass is 401 g/mol. The Balaban J connectivity index is 1.59. The number of nitrogens with zero attached hydrogens (tertiary/aromatic N) is 4. The highest BCUT2D eigenvalue weighted by atomic mass is 15.3. The Bertz CT molecular complexity index is 1000. The van der Waals surface area contributed by atoms with Crippen LogP contribution in [0.4, 0.5) is 5.82 Å². The summed E-state index contributed by atoms with van der Waals surface area (Å²) in [6.45, 7) is 4.16. The number of nitriles is 1. The van der Waals surface area contributed by atoms with E-state index in [0.29, 0.717) is 36.6 Å². The minimum Gasteiger partial charge on any atom is -0.382 e. The van der Waals surface area contributed by atoms with Crippen LogP contribution in [0.1, 0.15) is 30.2 Å². The number of nitrogens with two attached hydrogens (primary N) is 1. The minimum atomic E-state index is 0.379. The maximum atomic E-state index is 9.52. The van der Waals surface area contributed by atoms with Crippen LogP contribution in [0, 0.1) is 11.3 Å². The Hall–Kier alpha value is -3.79. The van der Waals surface area contributed by atoms with Gasteiger partial charge in [0.2, 0.25) is 0 Å². The van der Waals surface area contributed by atoms with E-state index in [1.165, 1.54) is 0 Å². The number of hydrogen-bond donors (Lipinski definition) is 3. The van der Waals surface area contributed by atoms with Gasteiger partial charge in [0.1, 0.15) is 17.5 Å². The van der Waals surface area contributed by atoms with Crippen molar-refractivity contribution in [2.45, 2.75) is 26.3 Å². The molecule has 1 aromatic heterocycles. The lowest BCUT2D eigenvalue weighted by molar-refractivity contribution is 0.723. The van der Waals surface area contributed by atoms with Crippen molar-refractivity contribution in [2.24, 2.45) is 4.99 Å². The van der Waals surface area contributed by atoms with E-state index in [-0.39, 0.29) is 0 Å². The summed E-state index contributed by atoms with van der Waals surface area (Å²) in [5, 5.41) is 20.7. The number of rotatable bonds is 8. The van der Waals surface area contributed by atoms with E-state index in [1.54, 1.807) is 4.68 Å². The van der Waals surface area contributed by atoms with Gasteiger partial charge in [0.05, 0.1) is 17.9 Å². The highest BCUT2D eigenvalue weighted by Gasteiger charge is 2.16. The second-order valence-corrected chi connectivity index (χ2v) is 6.78. The number of aliphatic imine (C=N–C) groups is 1. The first-order valence-corrected chi connectivity index (χ1v) is 10.1. The third kappa shape index (κ3) is 5.39. The molecule has 0 unspecified atom stereocenters. The van der Waals surface area contributed by atoms with Crippen molar-refractivity contribution in [1.82, 2.24) is 20.4 Å². The van der Waals surface area contributed by atoms with E-state index >= 15 is 0 Å². The van der Waals surface area contributed by atoms with Crippen LogP contribution >= 0.6 is 0 Å². The molecule has 0 aliphatic rings. The Morgan fingerprint density at radius 1 is 1.10 bits per heavy atom. The van der Waals surface area contributed by atoms with Crippen LogP contribution in [0.3, 0.4) is 0 Å². The molecule has 0 saturated carbocycles. The predicted molar refractivity (Wildman–Crippen MR) is 120 cm³/mol. The predicted octanol–water partition coefficient (Wildman–Crippen LogP) is 3.01. The first-order chi connectivity index (χ1) is 14.7. The highest BCUT2D eigenvalue weighted by molar-refractivity contribution is 5.79. The number of nitrogen functional groups attached to an aromatic ring is 1. The molecule has 0 radical (unpaired) electrons. The first kappa shape index (κ1) is 20.9. The highest BCUT2D eigenvalue weighted by Crippen LogP contribution is 2.21.